The third-order valence-electron chi connectivity index (χ3n) is 5.22. The van der Waals surface area contributed by atoms with E-state index in [-0.39, 0.29) is 5.54 Å². The highest BCUT2D eigenvalue weighted by Gasteiger charge is 2.23. The van der Waals surface area contributed by atoms with E-state index in [2.05, 4.69) is 99.7 Å². The van der Waals surface area contributed by atoms with Crippen molar-refractivity contribution in [3.05, 3.63) is 83.4 Å². The van der Waals surface area contributed by atoms with Gasteiger partial charge in [0.25, 0.3) is 0 Å². The summed E-state index contributed by atoms with van der Waals surface area (Å²) in [6.45, 7) is 8.94. The van der Waals surface area contributed by atoms with Crippen LogP contribution in [-0.4, -0.2) is 5.54 Å². The smallest absolute Gasteiger partial charge is 0.0302 e. The zero-order valence-corrected chi connectivity index (χ0v) is 16.1. The van der Waals surface area contributed by atoms with Gasteiger partial charge in [-0.25, -0.2) is 0 Å². The van der Waals surface area contributed by atoms with Gasteiger partial charge in [0.2, 0.25) is 0 Å². The molecule has 4 rings (SSSR count). The largest absolute Gasteiger partial charge is 0.306 e. The van der Waals surface area contributed by atoms with E-state index in [1.165, 1.54) is 38.9 Å². The lowest BCUT2D eigenvalue weighted by molar-refractivity contribution is 0.378. The molecule has 0 spiro atoms. The van der Waals surface area contributed by atoms with E-state index in [9.17, 15) is 0 Å². The van der Waals surface area contributed by atoms with Crippen molar-refractivity contribution in [1.82, 2.24) is 5.32 Å². The summed E-state index contributed by atoms with van der Waals surface area (Å²) < 4.78 is 0. The first-order valence-electron chi connectivity index (χ1n) is 9.51. The highest BCUT2D eigenvalue weighted by Crippen LogP contribution is 2.42. The van der Waals surface area contributed by atoms with Crippen LogP contribution >= 0.6 is 0 Å². The molecule has 0 aliphatic heterocycles. The maximum absolute atomic E-state index is 3.73. The van der Waals surface area contributed by atoms with Gasteiger partial charge in [0.1, 0.15) is 0 Å². The van der Waals surface area contributed by atoms with Crippen LogP contribution in [0.4, 0.5) is 0 Å². The summed E-state index contributed by atoms with van der Waals surface area (Å²) in [6, 6.07) is 24.7. The van der Waals surface area contributed by atoms with Gasteiger partial charge in [-0.05, 0) is 73.1 Å². The van der Waals surface area contributed by atoms with Crippen LogP contribution in [0.2, 0.25) is 0 Å². The molecule has 1 unspecified atom stereocenters. The summed E-state index contributed by atoms with van der Waals surface area (Å²) >= 11 is 0. The van der Waals surface area contributed by atoms with E-state index in [1.54, 1.807) is 0 Å². The van der Waals surface area contributed by atoms with Crippen LogP contribution in [0.25, 0.3) is 22.3 Å². The molecule has 0 saturated carbocycles. The Morgan fingerprint density at radius 2 is 1.31 bits per heavy atom. The monoisotopic (exact) mass is 341 g/mol. The Morgan fingerprint density at radius 1 is 0.731 bits per heavy atom. The highest BCUT2D eigenvalue weighted by atomic mass is 15.0. The summed E-state index contributed by atoms with van der Waals surface area (Å²) in [5, 5.41) is 3.73. The topological polar surface area (TPSA) is 12.0 Å². The quantitative estimate of drug-likeness (QED) is 0.456. The fourth-order valence-electron chi connectivity index (χ4n) is 4.26. The van der Waals surface area contributed by atoms with Crippen LogP contribution in [0.15, 0.2) is 66.7 Å². The molecule has 0 bridgehead atoms. The normalized spacial score (nSPS) is 14.0. The van der Waals surface area contributed by atoms with Gasteiger partial charge >= 0.3 is 0 Å². The van der Waals surface area contributed by atoms with Crippen LogP contribution < -0.4 is 5.32 Å². The van der Waals surface area contributed by atoms with Gasteiger partial charge in [0.05, 0.1) is 0 Å². The molecule has 0 amide bonds. The Balaban J connectivity index is 1.82. The van der Waals surface area contributed by atoms with Crippen LogP contribution in [0, 0.1) is 0 Å². The van der Waals surface area contributed by atoms with Crippen LogP contribution in [-0.2, 0) is 6.42 Å². The summed E-state index contributed by atoms with van der Waals surface area (Å²) in [5.41, 5.74) is 9.86. The molecule has 0 fully saturated rings. The van der Waals surface area contributed by atoms with E-state index < -0.39 is 0 Å². The second kappa shape index (κ2) is 6.41. The average molecular weight is 341 g/mol. The van der Waals surface area contributed by atoms with E-state index in [0.717, 1.165) is 6.42 Å². The minimum atomic E-state index is 0.0847. The molecule has 0 saturated heterocycles. The van der Waals surface area contributed by atoms with E-state index in [0.29, 0.717) is 6.04 Å². The minimum Gasteiger partial charge on any atom is -0.306 e. The number of rotatable bonds is 3. The van der Waals surface area contributed by atoms with Crippen molar-refractivity contribution in [3.8, 4) is 22.3 Å². The molecule has 1 aliphatic carbocycles. The van der Waals surface area contributed by atoms with Gasteiger partial charge < -0.3 is 5.32 Å². The molecule has 3 aromatic rings. The summed E-state index contributed by atoms with van der Waals surface area (Å²) in [5.74, 6) is 0. The first-order chi connectivity index (χ1) is 12.4. The van der Waals surface area contributed by atoms with Crippen LogP contribution in [0.3, 0.4) is 0 Å². The molecule has 1 N–H and O–H groups in total. The molecule has 132 valence electrons. The third kappa shape index (κ3) is 3.08. The predicted octanol–water partition coefficient (Wildman–Crippen LogP) is 6.37. The van der Waals surface area contributed by atoms with Gasteiger partial charge in [-0.3, -0.25) is 0 Å². The van der Waals surface area contributed by atoms with Crippen LogP contribution in [0.5, 0.6) is 0 Å². The second-order valence-electron chi connectivity index (χ2n) is 8.37. The SMILES string of the molecule is CC(NC(C)(C)C)c1ccccc1-c1cccc2c1Cc1ccccc1-2. The molecular weight excluding hydrogens is 314 g/mol. The standard InChI is InChI=1S/C25H27N/c1-17(26-25(2,3)4)19-11-7-8-13-21(19)23-15-9-14-22-20-12-6-5-10-18(20)16-24(22)23/h5-15,17,26H,16H2,1-4H3. The molecule has 26 heavy (non-hydrogen) atoms. The first kappa shape index (κ1) is 17.1. The molecule has 3 aromatic carbocycles. The van der Waals surface area contributed by atoms with Crippen molar-refractivity contribution < 1.29 is 0 Å². The Kier molecular flexibility index (Phi) is 4.20. The molecule has 0 radical (unpaired) electrons. The summed E-state index contributed by atoms with van der Waals surface area (Å²) in [7, 11) is 0. The minimum absolute atomic E-state index is 0.0847. The predicted molar refractivity (Wildman–Crippen MR) is 111 cm³/mol. The highest BCUT2D eigenvalue weighted by molar-refractivity contribution is 5.85. The number of fused-ring (bicyclic) bond motifs is 3. The molecule has 0 aromatic heterocycles. The zero-order valence-electron chi connectivity index (χ0n) is 16.1. The van der Waals surface area contributed by atoms with Crippen molar-refractivity contribution in [2.45, 2.75) is 45.7 Å². The lowest BCUT2D eigenvalue weighted by Crippen LogP contribution is -2.37. The molecule has 1 aliphatic rings. The molecule has 0 heterocycles. The first-order valence-corrected chi connectivity index (χ1v) is 9.51. The zero-order chi connectivity index (χ0) is 18.3. The number of nitrogens with one attached hydrogen (secondary N) is 1. The molecule has 1 atom stereocenters. The van der Waals surface area contributed by atoms with Gasteiger partial charge in [-0.15, -0.1) is 0 Å². The van der Waals surface area contributed by atoms with Crippen LogP contribution in [0.1, 0.15) is 50.4 Å². The maximum Gasteiger partial charge on any atom is 0.0302 e. The molecule has 1 nitrogen and oxygen atoms in total. The van der Waals surface area contributed by atoms with Gasteiger partial charge in [0.15, 0.2) is 0 Å². The van der Waals surface area contributed by atoms with Crippen molar-refractivity contribution in [2.24, 2.45) is 0 Å². The number of hydrogen-bond donors (Lipinski definition) is 1. The van der Waals surface area contributed by atoms with Crippen molar-refractivity contribution in [1.29, 1.82) is 0 Å². The number of hydrogen-bond acceptors (Lipinski definition) is 1. The average Bonchev–Trinajstić information content (AvgIpc) is 2.99. The fourth-order valence-corrected chi connectivity index (χ4v) is 4.26. The Labute approximate surface area is 157 Å². The Bertz CT molecular complexity index is 946. The lowest BCUT2D eigenvalue weighted by atomic mass is 9.90. The Morgan fingerprint density at radius 3 is 2.04 bits per heavy atom. The van der Waals surface area contributed by atoms with Gasteiger partial charge in [-0.1, -0.05) is 66.7 Å². The molecular formula is C25H27N. The lowest BCUT2D eigenvalue weighted by Gasteiger charge is -2.28. The van der Waals surface area contributed by atoms with Crippen molar-refractivity contribution in [2.75, 3.05) is 0 Å². The summed E-state index contributed by atoms with van der Waals surface area (Å²) in [4.78, 5) is 0. The van der Waals surface area contributed by atoms with Crippen molar-refractivity contribution in [3.63, 3.8) is 0 Å². The maximum atomic E-state index is 3.73. The van der Waals surface area contributed by atoms with E-state index in [4.69, 9.17) is 0 Å². The Hall–Kier alpha value is -2.38. The summed E-state index contributed by atoms with van der Waals surface area (Å²) in [6.07, 6.45) is 1.02. The van der Waals surface area contributed by atoms with Crippen molar-refractivity contribution >= 4 is 0 Å². The van der Waals surface area contributed by atoms with E-state index >= 15 is 0 Å². The third-order valence-corrected chi connectivity index (χ3v) is 5.22. The van der Waals surface area contributed by atoms with Gasteiger partial charge in [-0.2, -0.15) is 0 Å². The van der Waals surface area contributed by atoms with Gasteiger partial charge in [0, 0.05) is 11.6 Å². The number of benzene rings is 3. The van der Waals surface area contributed by atoms with E-state index in [1.807, 2.05) is 0 Å². The fraction of sp³-hybridized carbons (Fsp3) is 0.280. The second-order valence-corrected chi connectivity index (χ2v) is 8.37. The molecule has 1 heteroatoms.